The number of nitrogens with one attached hydrogen (secondary N) is 2. The van der Waals surface area contributed by atoms with Gasteiger partial charge in [0.25, 0.3) is 5.91 Å². The summed E-state index contributed by atoms with van der Waals surface area (Å²) in [5.74, 6) is -0.0260. The fourth-order valence-electron chi connectivity index (χ4n) is 2.94. The van der Waals surface area contributed by atoms with Gasteiger partial charge in [0.15, 0.2) is 0 Å². The first-order valence-electron chi connectivity index (χ1n) is 10.0. The number of nitrogens with zero attached hydrogens (tertiary/aromatic N) is 1. The molecule has 0 atom stereocenters. The molecule has 0 bridgehead atoms. The van der Waals surface area contributed by atoms with E-state index >= 15 is 0 Å². The van der Waals surface area contributed by atoms with Gasteiger partial charge >= 0.3 is 6.03 Å². The zero-order valence-electron chi connectivity index (χ0n) is 18.4. The summed E-state index contributed by atoms with van der Waals surface area (Å²) in [6.07, 6.45) is 0. The number of benzene rings is 2. The molecule has 0 heterocycles. The minimum atomic E-state index is -0.197. The van der Waals surface area contributed by atoms with Crippen molar-refractivity contribution >= 4 is 11.9 Å². The molecular formula is C24H33N3O2. The highest BCUT2D eigenvalue weighted by Crippen LogP contribution is 2.22. The van der Waals surface area contributed by atoms with Crippen molar-refractivity contribution in [3.8, 4) is 0 Å². The molecule has 0 radical (unpaired) electrons. The zero-order chi connectivity index (χ0) is 21.6. The van der Waals surface area contributed by atoms with Crippen LogP contribution in [0, 0.1) is 0 Å². The third kappa shape index (κ3) is 6.93. The number of hydrogen-bond donors (Lipinski definition) is 2. The third-order valence-corrected chi connectivity index (χ3v) is 4.66. The molecule has 2 aromatic rings. The maximum Gasteiger partial charge on any atom is 0.315 e. The van der Waals surface area contributed by atoms with Crippen molar-refractivity contribution in [3.05, 3.63) is 70.8 Å². The molecule has 0 aliphatic rings. The highest BCUT2D eigenvalue weighted by Gasteiger charge is 2.15. The molecule has 156 valence electrons. The maximum atomic E-state index is 12.7. The van der Waals surface area contributed by atoms with Crippen LogP contribution < -0.4 is 10.6 Å². The second-order valence-corrected chi connectivity index (χ2v) is 8.79. The molecule has 0 aliphatic carbocycles. The number of carbonyl (C=O) groups is 2. The average molecular weight is 396 g/mol. The smallest absolute Gasteiger partial charge is 0.315 e. The van der Waals surface area contributed by atoms with Crippen LogP contribution in [0.3, 0.4) is 0 Å². The normalized spacial score (nSPS) is 11.3. The van der Waals surface area contributed by atoms with E-state index in [0.29, 0.717) is 18.7 Å². The standard InChI is InChI=1S/C24H33N3O2/c1-17(2)26-23(29)25-15-18-7-11-20(12-8-18)22(28)27(6)16-19-9-13-21(14-10-19)24(3,4)5/h7-14,17H,15-16H2,1-6H3,(H2,25,26,29). The molecule has 2 N–H and O–H groups in total. The van der Waals surface area contributed by atoms with Crippen molar-refractivity contribution < 1.29 is 9.59 Å². The average Bonchev–Trinajstić information content (AvgIpc) is 2.65. The van der Waals surface area contributed by atoms with Gasteiger partial charge in [-0.2, -0.15) is 0 Å². The van der Waals surface area contributed by atoms with Gasteiger partial charge in [-0.3, -0.25) is 4.79 Å². The first-order chi connectivity index (χ1) is 13.6. The van der Waals surface area contributed by atoms with Crippen molar-refractivity contribution in [3.63, 3.8) is 0 Å². The molecule has 0 fully saturated rings. The van der Waals surface area contributed by atoms with Crippen LogP contribution in [-0.2, 0) is 18.5 Å². The van der Waals surface area contributed by atoms with E-state index in [4.69, 9.17) is 0 Å². The summed E-state index contributed by atoms with van der Waals surface area (Å²) in [6, 6.07) is 15.7. The van der Waals surface area contributed by atoms with E-state index in [9.17, 15) is 9.59 Å². The SMILES string of the molecule is CC(C)NC(=O)NCc1ccc(C(=O)N(C)Cc2ccc(C(C)(C)C)cc2)cc1. The number of amides is 3. The van der Waals surface area contributed by atoms with Crippen LogP contribution in [-0.4, -0.2) is 29.9 Å². The Morgan fingerprint density at radius 2 is 1.48 bits per heavy atom. The largest absolute Gasteiger partial charge is 0.337 e. The Kier molecular flexibility index (Phi) is 7.43. The lowest BCUT2D eigenvalue weighted by atomic mass is 9.87. The summed E-state index contributed by atoms with van der Waals surface area (Å²) in [5.41, 5.74) is 4.08. The molecule has 0 saturated heterocycles. The van der Waals surface area contributed by atoms with Gasteiger partial charge in [0, 0.05) is 31.7 Å². The summed E-state index contributed by atoms with van der Waals surface area (Å²) >= 11 is 0. The highest BCUT2D eigenvalue weighted by atomic mass is 16.2. The Balaban J connectivity index is 1.93. The van der Waals surface area contributed by atoms with Gasteiger partial charge < -0.3 is 15.5 Å². The zero-order valence-corrected chi connectivity index (χ0v) is 18.4. The number of carbonyl (C=O) groups excluding carboxylic acids is 2. The first kappa shape index (κ1) is 22.5. The number of hydrogen-bond acceptors (Lipinski definition) is 2. The number of urea groups is 1. The van der Waals surface area contributed by atoms with Gasteiger partial charge in [0.2, 0.25) is 0 Å². The summed E-state index contributed by atoms with van der Waals surface area (Å²) in [7, 11) is 1.81. The Morgan fingerprint density at radius 1 is 0.931 bits per heavy atom. The Labute approximate surface area is 174 Å². The molecule has 5 heteroatoms. The fourth-order valence-corrected chi connectivity index (χ4v) is 2.94. The van der Waals surface area contributed by atoms with Crippen LogP contribution in [0.1, 0.15) is 61.7 Å². The topological polar surface area (TPSA) is 61.4 Å². The van der Waals surface area contributed by atoms with E-state index in [1.807, 2.05) is 33.0 Å². The van der Waals surface area contributed by atoms with Crippen molar-refractivity contribution in [1.82, 2.24) is 15.5 Å². The molecule has 0 unspecified atom stereocenters. The van der Waals surface area contributed by atoms with Crippen LogP contribution in [0.2, 0.25) is 0 Å². The molecule has 29 heavy (non-hydrogen) atoms. The minimum absolute atomic E-state index is 0.0260. The van der Waals surface area contributed by atoms with Crippen LogP contribution in [0.4, 0.5) is 4.79 Å². The molecule has 0 aliphatic heterocycles. The quantitative estimate of drug-likeness (QED) is 0.758. The van der Waals surface area contributed by atoms with Crippen molar-refractivity contribution in [2.45, 2.75) is 59.2 Å². The highest BCUT2D eigenvalue weighted by molar-refractivity contribution is 5.94. The lowest BCUT2D eigenvalue weighted by molar-refractivity contribution is 0.0785. The minimum Gasteiger partial charge on any atom is -0.337 e. The van der Waals surface area contributed by atoms with E-state index in [-0.39, 0.29) is 23.4 Å². The van der Waals surface area contributed by atoms with Gasteiger partial charge in [-0.25, -0.2) is 4.79 Å². The van der Waals surface area contributed by atoms with Crippen molar-refractivity contribution in [2.75, 3.05) is 7.05 Å². The molecular weight excluding hydrogens is 362 g/mol. The molecule has 0 aromatic heterocycles. The molecule has 0 spiro atoms. The lowest BCUT2D eigenvalue weighted by Gasteiger charge is -2.21. The predicted molar refractivity (Wildman–Crippen MR) is 118 cm³/mol. The van der Waals surface area contributed by atoms with E-state index in [1.165, 1.54) is 5.56 Å². The van der Waals surface area contributed by atoms with Crippen LogP contribution in [0.15, 0.2) is 48.5 Å². The second kappa shape index (κ2) is 9.59. The van der Waals surface area contributed by atoms with Gasteiger partial charge in [0.05, 0.1) is 0 Å². The molecule has 2 rings (SSSR count). The molecule has 3 amide bonds. The third-order valence-electron chi connectivity index (χ3n) is 4.66. The van der Waals surface area contributed by atoms with Gasteiger partial charge in [0.1, 0.15) is 0 Å². The Hall–Kier alpha value is -2.82. The molecule has 5 nitrogen and oxygen atoms in total. The predicted octanol–water partition coefficient (Wildman–Crippen LogP) is 4.46. The summed E-state index contributed by atoms with van der Waals surface area (Å²) in [6.45, 7) is 11.4. The van der Waals surface area contributed by atoms with Gasteiger partial charge in [-0.1, -0.05) is 57.2 Å². The number of rotatable bonds is 6. The van der Waals surface area contributed by atoms with Crippen molar-refractivity contribution in [2.24, 2.45) is 0 Å². The molecule has 2 aromatic carbocycles. The van der Waals surface area contributed by atoms with E-state index < -0.39 is 0 Å². The van der Waals surface area contributed by atoms with E-state index in [0.717, 1.165) is 11.1 Å². The van der Waals surface area contributed by atoms with Crippen LogP contribution >= 0.6 is 0 Å². The summed E-state index contributed by atoms with van der Waals surface area (Å²) in [5, 5.41) is 5.59. The maximum absolute atomic E-state index is 12.7. The van der Waals surface area contributed by atoms with Crippen LogP contribution in [0.5, 0.6) is 0 Å². The van der Waals surface area contributed by atoms with Crippen LogP contribution in [0.25, 0.3) is 0 Å². The lowest BCUT2D eigenvalue weighted by Crippen LogP contribution is -2.39. The van der Waals surface area contributed by atoms with Gasteiger partial charge in [-0.05, 0) is 48.1 Å². The first-order valence-corrected chi connectivity index (χ1v) is 10.0. The van der Waals surface area contributed by atoms with E-state index in [2.05, 4.69) is 55.7 Å². The van der Waals surface area contributed by atoms with Gasteiger partial charge in [-0.15, -0.1) is 0 Å². The second-order valence-electron chi connectivity index (χ2n) is 8.79. The van der Waals surface area contributed by atoms with E-state index in [1.54, 1.807) is 17.0 Å². The Bertz CT molecular complexity index is 819. The van der Waals surface area contributed by atoms with Crippen molar-refractivity contribution in [1.29, 1.82) is 0 Å². The summed E-state index contributed by atoms with van der Waals surface area (Å²) < 4.78 is 0. The Morgan fingerprint density at radius 3 is 2.00 bits per heavy atom. The fraction of sp³-hybridized carbons (Fsp3) is 0.417. The molecule has 0 saturated carbocycles. The summed E-state index contributed by atoms with van der Waals surface area (Å²) in [4.78, 5) is 26.1. The monoisotopic (exact) mass is 395 g/mol.